The van der Waals surface area contributed by atoms with Crippen molar-refractivity contribution >= 4 is 5.69 Å². The van der Waals surface area contributed by atoms with E-state index in [1.54, 1.807) is 12.1 Å². The minimum atomic E-state index is -0.332. The van der Waals surface area contributed by atoms with Gasteiger partial charge in [0.1, 0.15) is 0 Å². The predicted molar refractivity (Wildman–Crippen MR) is 82.1 cm³/mol. The molecule has 2 rings (SSSR count). The summed E-state index contributed by atoms with van der Waals surface area (Å²) >= 11 is 0. The van der Waals surface area contributed by atoms with E-state index in [1.807, 2.05) is 19.1 Å². The summed E-state index contributed by atoms with van der Waals surface area (Å²) < 4.78 is 0. The van der Waals surface area contributed by atoms with E-state index in [9.17, 15) is 15.2 Å². The van der Waals surface area contributed by atoms with Gasteiger partial charge in [-0.15, -0.1) is 0 Å². The Labute approximate surface area is 125 Å². The number of rotatable bonds is 5. The standard InChI is InChI=1S/C16H24N2O3/c1-13(19)11-15-8-3-2-6-10-17(15)12-14-7-4-5-9-16(14)18(20)21/h4-5,7,9,13,15,19H,2-3,6,8,10-12H2,1H3. The van der Waals surface area contributed by atoms with Crippen LogP contribution in [0.5, 0.6) is 0 Å². The number of para-hydroxylation sites is 1. The Morgan fingerprint density at radius 3 is 2.86 bits per heavy atom. The van der Waals surface area contributed by atoms with Crippen molar-refractivity contribution in [1.29, 1.82) is 0 Å². The molecule has 1 aromatic rings. The highest BCUT2D eigenvalue weighted by Crippen LogP contribution is 2.26. The van der Waals surface area contributed by atoms with Crippen LogP contribution in [-0.2, 0) is 6.54 Å². The molecule has 0 amide bonds. The molecule has 0 spiro atoms. The average molecular weight is 292 g/mol. The molecule has 21 heavy (non-hydrogen) atoms. The highest BCUT2D eigenvalue weighted by Gasteiger charge is 2.24. The smallest absolute Gasteiger partial charge is 0.273 e. The zero-order valence-electron chi connectivity index (χ0n) is 12.6. The van der Waals surface area contributed by atoms with Crippen molar-refractivity contribution < 1.29 is 10.0 Å². The highest BCUT2D eigenvalue weighted by molar-refractivity contribution is 5.39. The lowest BCUT2D eigenvalue weighted by Gasteiger charge is -2.30. The minimum absolute atomic E-state index is 0.192. The molecular formula is C16H24N2O3. The molecule has 2 atom stereocenters. The fourth-order valence-electron chi connectivity index (χ4n) is 3.15. The average Bonchev–Trinajstić information content (AvgIpc) is 2.64. The second-order valence-corrected chi connectivity index (χ2v) is 5.94. The molecule has 5 heteroatoms. The van der Waals surface area contributed by atoms with Gasteiger partial charge in [0.15, 0.2) is 0 Å². The molecule has 116 valence electrons. The minimum Gasteiger partial charge on any atom is -0.393 e. The van der Waals surface area contributed by atoms with Gasteiger partial charge in [-0.3, -0.25) is 15.0 Å². The first kappa shape index (κ1) is 15.9. The Bertz CT molecular complexity index is 476. The van der Waals surface area contributed by atoms with Crippen molar-refractivity contribution in [3.63, 3.8) is 0 Å². The molecule has 1 aliphatic heterocycles. The van der Waals surface area contributed by atoms with E-state index >= 15 is 0 Å². The van der Waals surface area contributed by atoms with Crippen LogP contribution in [0.4, 0.5) is 5.69 Å². The highest BCUT2D eigenvalue weighted by atomic mass is 16.6. The number of hydrogen-bond acceptors (Lipinski definition) is 4. The van der Waals surface area contributed by atoms with E-state index in [0.29, 0.717) is 12.6 Å². The SMILES string of the molecule is CC(O)CC1CCCCCN1Cc1ccccc1[N+](=O)[O-]. The van der Waals surface area contributed by atoms with Gasteiger partial charge in [-0.2, -0.15) is 0 Å². The maximum Gasteiger partial charge on any atom is 0.273 e. The van der Waals surface area contributed by atoms with Crippen LogP contribution in [0.25, 0.3) is 0 Å². The van der Waals surface area contributed by atoms with Gasteiger partial charge in [-0.25, -0.2) is 0 Å². The predicted octanol–water partition coefficient (Wildman–Crippen LogP) is 3.11. The normalized spacial score (nSPS) is 21.7. The zero-order valence-corrected chi connectivity index (χ0v) is 12.6. The Balaban J connectivity index is 2.16. The van der Waals surface area contributed by atoms with E-state index < -0.39 is 0 Å². The molecule has 1 fully saturated rings. The first-order valence-corrected chi connectivity index (χ1v) is 7.72. The summed E-state index contributed by atoms with van der Waals surface area (Å²) in [6.07, 6.45) is 4.96. The molecule has 1 N–H and O–H groups in total. The summed E-state index contributed by atoms with van der Waals surface area (Å²) in [7, 11) is 0. The molecule has 1 aliphatic rings. The Morgan fingerprint density at radius 1 is 1.38 bits per heavy atom. The van der Waals surface area contributed by atoms with E-state index in [0.717, 1.165) is 31.4 Å². The number of aliphatic hydroxyl groups excluding tert-OH is 1. The summed E-state index contributed by atoms with van der Waals surface area (Å²) in [6.45, 7) is 3.35. The summed E-state index contributed by atoms with van der Waals surface area (Å²) in [5.41, 5.74) is 0.956. The maximum absolute atomic E-state index is 11.1. The lowest BCUT2D eigenvalue weighted by Crippen LogP contribution is -2.36. The van der Waals surface area contributed by atoms with Crippen LogP contribution < -0.4 is 0 Å². The number of aliphatic hydroxyl groups is 1. The fraction of sp³-hybridized carbons (Fsp3) is 0.625. The number of hydrogen-bond donors (Lipinski definition) is 1. The van der Waals surface area contributed by atoms with E-state index in [2.05, 4.69) is 4.90 Å². The lowest BCUT2D eigenvalue weighted by molar-refractivity contribution is -0.385. The summed E-state index contributed by atoms with van der Waals surface area (Å²) in [4.78, 5) is 13.1. The molecule has 2 unspecified atom stereocenters. The number of nitrogens with zero attached hydrogens (tertiary/aromatic N) is 2. The van der Waals surface area contributed by atoms with Gasteiger partial charge < -0.3 is 5.11 Å². The van der Waals surface area contributed by atoms with Crippen LogP contribution in [0, 0.1) is 10.1 Å². The molecule has 5 nitrogen and oxygen atoms in total. The molecule has 0 saturated carbocycles. The molecule has 1 saturated heterocycles. The van der Waals surface area contributed by atoms with E-state index in [4.69, 9.17) is 0 Å². The molecule has 1 aromatic carbocycles. The fourth-order valence-corrected chi connectivity index (χ4v) is 3.15. The summed E-state index contributed by atoms with van der Waals surface area (Å²) in [5.74, 6) is 0. The van der Waals surface area contributed by atoms with E-state index in [1.165, 1.54) is 12.8 Å². The Morgan fingerprint density at radius 2 is 2.14 bits per heavy atom. The van der Waals surface area contributed by atoms with Crippen molar-refractivity contribution in [1.82, 2.24) is 4.90 Å². The molecule has 0 bridgehead atoms. The quantitative estimate of drug-likeness (QED) is 0.669. The van der Waals surface area contributed by atoms with Crippen molar-refractivity contribution in [3.05, 3.63) is 39.9 Å². The first-order chi connectivity index (χ1) is 10.1. The van der Waals surface area contributed by atoms with Crippen molar-refractivity contribution in [2.24, 2.45) is 0 Å². The third-order valence-electron chi connectivity index (χ3n) is 4.17. The third-order valence-corrected chi connectivity index (χ3v) is 4.17. The monoisotopic (exact) mass is 292 g/mol. The van der Waals surface area contributed by atoms with E-state index in [-0.39, 0.29) is 16.7 Å². The second-order valence-electron chi connectivity index (χ2n) is 5.94. The summed E-state index contributed by atoms with van der Waals surface area (Å²) in [5, 5.41) is 20.8. The third kappa shape index (κ3) is 4.51. The van der Waals surface area contributed by atoms with Gasteiger partial charge in [0, 0.05) is 24.2 Å². The molecule has 0 aliphatic carbocycles. The number of nitro groups is 1. The van der Waals surface area contributed by atoms with Gasteiger partial charge in [0.05, 0.1) is 11.0 Å². The number of nitro benzene ring substituents is 1. The van der Waals surface area contributed by atoms with Crippen molar-refractivity contribution in [2.75, 3.05) is 6.54 Å². The second kappa shape index (κ2) is 7.52. The molecule has 0 aromatic heterocycles. The Hall–Kier alpha value is -1.46. The van der Waals surface area contributed by atoms with Gasteiger partial charge in [0.2, 0.25) is 0 Å². The number of likely N-dealkylation sites (tertiary alicyclic amines) is 1. The molecular weight excluding hydrogens is 268 g/mol. The summed E-state index contributed by atoms with van der Waals surface area (Å²) in [6, 6.07) is 7.27. The van der Waals surface area contributed by atoms with Gasteiger partial charge in [-0.05, 0) is 32.7 Å². The zero-order chi connectivity index (χ0) is 15.2. The topological polar surface area (TPSA) is 66.6 Å². The van der Waals surface area contributed by atoms with Crippen molar-refractivity contribution in [3.8, 4) is 0 Å². The lowest BCUT2D eigenvalue weighted by atomic mass is 10.0. The van der Waals surface area contributed by atoms with Crippen molar-refractivity contribution in [2.45, 2.75) is 57.7 Å². The number of benzene rings is 1. The van der Waals surface area contributed by atoms with Crippen LogP contribution in [0.15, 0.2) is 24.3 Å². The van der Waals surface area contributed by atoms with Crippen LogP contribution in [0.1, 0.15) is 44.6 Å². The van der Waals surface area contributed by atoms with Gasteiger partial charge in [-0.1, -0.05) is 31.0 Å². The van der Waals surface area contributed by atoms with Crippen LogP contribution in [0.3, 0.4) is 0 Å². The Kier molecular flexibility index (Phi) is 5.70. The van der Waals surface area contributed by atoms with Crippen LogP contribution >= 0.6 is 0 Å². The molecule has 1 heterocycles. The maximum atomic E-state index is 11.1. The van der Waals surface area contributed by atoms with Gasteiger partial charge >= 0.3 is 0 Å². The van der Waals surface area contributed by atoms with Gasteiger partial charge in [0.25, 0.3) is 5.69 Å². The van der Waals surface area contributed by atoms with Crippen LogP contribution in [0.2, 0.25) is 0 Å². The molecule has 0 radical (unpaired) electrons. The van der Waals surface area contributed by atoms with Crippen LogP contribution in [-0.4, -0.2) is 33.6 Å². The first-order valence-electron chi connectivity index (χ1n) is 7.72. The largest absolute Gasteiger partial charge is 0.393 e.